The molecule has 3 nitrogen and oxygen atoms in total. The topological polar surface area (TPSA) is 46.5 Å². The second-order valence-electron chi connectivity index (χ2n) is 2.05. The Labute approximate surface area is 64.2 Å². The summed E-state index contributed by atoms with van der Waals surface area (Å²) in [5.74, 6) is 0.354. The normalized spacial score (nSPS) is 9.18. The number of phenols is 1. The van der Waals surface area contributed by atoms with E-state index in [1.165, 1.54) is 13.2 Å². The monoisotopic (exact) mass is 158 g/mol. The van der Waals surface area contributed by atoms with Crippen molar-refractivity contribution in [1.82, 2.24) is 0 Å². The molecule has 0 bridgehead atoms. The number of phenolic OH excluding ortho intramolecular Hbond substituents is 1. The molecule has 0 aliphatic carbocycles. The molecular formula is C8H8O3. The Bertz CT molecular complexity index is 268. The van der Waals surface area contributed by atoms with E-state index in [0.717, 1.165) is 0 Å². The maximum atomic E-state index is 10.2. The molecule has 0 fully saturated rings. The van der Waals surface area contributed by atoms with Crippen LogP contribution >= 0.6 is 0 Å². The number of hydrogen-bond donors (Lipinski definition) is 1. The number of rotatable bonds is 2. The minimum Gasteiger partial charge on any atom is -0.504 e. The molecule has 58 valence electrons. The number of ether oxygens (including phenoxy) is 1. The summed E-state index contributed by atoms with van der Waals surface area (Å²) in [6.07, 6.45) is 0.666. The lowest BCUT2D eigenvalue weighted by atomic mass is 11.0. The molecule has 0 aliphatic heterocycles. The molecule has 1 rings (SSSR count). The molecule has 0 spiro atoms. The first kappa shape index (κ1) is 7.60. The predicted octanol–water partition coefficient (Wildman–Crippen LogP) is 1.21. The first-order chi connectivity index (χ1) is 5.27. The van der Waals surface area contributed by atoms with Gasteiger partial charge in [-0.3, -0.25) is 4.79 Å². The van der Waals surface area contributed by atoms with E-state index >= 15 is 0 Å². The summed E-state index contributed by atoms with van der Waals surface area (Å²) in [5.41, 5.74) is 0.434. The quantitative estimate of drug-likeness (QED) is 0.658. The Morgan fingerprint density at radius 2 is 2.27 bits per heavy atom. The van der Waals surface area contributed by atoms with Crippen LogP contribution in [-0.4, -0.2) is 18.5 Å². The second kappa shape index (κ2) is 3.05. The van der Waals surface area contributed by atoms with Gasteiger partial charge in [-0.2, -0.15) is 0 Å². The zero-order chi connectivity index (χ0) is 8.27. The fourth-order valence-corrected chi connectivity index (χ4v) is 0.780. The molecule has 0 saturated carbocycles. The Morgan fingerprint density at radius 1 is 1.55 bits per heavy atom. The van der Waals surface area contributed by atoms with Crippen LogP contribution in [0, 0.1) is 0 Å². The molecule has 0 unspecified atom stereocenters. The van der Waals surface area contributed by atoms with Gasteiger partial charge in [0.1, 0.15) is 6.29 Å². The van der Waals surface area contributed by atoms with Crippen LogP contribution in [0.4, 0.5) is 0 Å². The Hall–Kier alpha value is -1.51. The highest BCUT2D eigenvalue weighted by Gasteiger charge is 2.00. The molecule has 0 saturated heterocycles. The molecule has 0 aliphatic rings. The molecule has 1 aromatic rings. The summed E-state index contributed by atoms with van der Waals surface area (Å²) in [6.45, 7) is 0. The number of aldehydes is 1. The third-order valence-electron chi connectivity index (χ3n) is 1.34. The van der Waals surface area contributed by atoms with E-state index in [0.29, 0.717) is 17.6 Å². The Kier molecular flexibility index (Phi) is 2.11. The van der Waals surface area contributed by atoms with E-state index in [9.17, 15) is 4.79 Å². The van der Waals surface area contributed by atoms with Crippen molar-refractivity contribution in [3.63, 3.8) is 0 Å². The van der Waals surface area contributed by atoms with E-state index < -0.39 is 0 Å². The summed E-state index contributed by atoms with van der Waals surface area (Å²) >= 11 is 0. The number of aromatic hydroxyl groups is 1. The summed E-state index contributed by atoms with van der Waals surface area (Å²) in [5, 5.41) is 9.14. The molecule has 0 aromatic heterocycles. The highest BCUT2D eigenvalue weighted by molar-refractivity contribution is 5.76. The van der Waals surface area contributed by atoms with Crippen molar-refractivity contribution >= 4 is 6.29 Å². The van der Waals surface area contributed by atoms with Gasteiger partial charge in [0.25, 0.3) is 0 Å². The molecular weight excluding hydrogens is 150 g/mol. The van der Waals surface area contributed by atoms with Crippen molar-refractivity contribution in [3.05, 3.63) is 23.8 Å². The highest BCUT2D eigenvalue weighted by atomic mass is 16.6. The van der Waals surface area contributed by atoms with Gasteiger partial charge in [-0.15, -0.1) is 0 Å². The summed E-state index contributed by atoms with van der Waals surface area (Å²) in [4.78, 5) is 10.2. The Morgan fingerprint density at radius 3 is 2.73 bits per heavy atom. The van der Waals surface area contributed by atoms with Crippen LogP contribution in [0.1, 0.15) is 10.4 Å². The summed E-state index contributed by atoms with van der Waals surface area (Å²) in [7, 11) is 1.45. The lowest BCUT2D eigenvalue weighted by Gasteiger charge is -2.01. The smallest absolute Gasteiger partial charge is 0.160 e. The van der Waals surface area contributed by atoms with E-state index in [1.54, 1.807) is 12.1 Å². The molecule has 1 aromatic carbocycles. The van der Waals surface area contributed by atoms with E-state index in [2.05, 4.69) is 0 Å². The molecule has 11 heavy (non-hydrogen) atoms. The first-order valence-electron chi connectivity index (χ1n) is 3.10. The third kappa shape index (κ3) is 1.49. The van der Waals surface area contributed by atoms with Crippen LogP contribution in [-0.2, 0) is 0 Å². The largest absolute Gasteiger partial charge is 0.504 e. The Balaban J connectivity index is 3.09. The van der Waals surface area contributed by atoms with Crippen molar-refractivity contribution < 1.29 is 14.6 Å². The second-order valence-corrected chi connectivity index (χ2v) is 2.05. The number of hydrogen-bond acceptors (Lipinski definition) is 3. The average Bonchev–Trinajstić information content (AvgIpc) is 2.04. The molecule has 0 heterocycles. The van der Waals surface area contributed by atoms with Gasteiger partial charge >= 0.3 is 0 Å². The van der Waals surface area contributed by atoms with Gasteiger partial charge in [-0.25, -0.2) is 0 Å². The van der Waals surface area contributed by atoms with E-state index in [4.69, 9.17) is 9.84 Å². The molecule has 0 amide bonds. The zero-order valence-corrected chi connectivity index (χ0v) is 6.07. The van der Waals surface area contributed by atoms with Crippen LogP contribution in [0.5, 0.6) is 11.5 Å². The van der Waals surface area contributed by atoms with E-state index in [1.807, 2.05) is 0 Å². The fourth-order valence-electron chi connectivity index (χ4n) is 0.780. The number of methoxy groups -OCH3 is 1. The van der Waals surface area contributed by atoms with Crippen LogP contribution in [0.2, 0.25) is 0 Å². The molecule has 0 atom stereocenters. The van der Waals surface area contributed by atoms with E-state index in [-0.39, 0.29) is 5.75 Å². The van der Waals surface area contributed by atoms with Crippen molar-refractivity contribution in [2.24, 2.45) is 0 Å². The SMILES string of the molecule is CO[13c]1[13cH][13cH][13c](C=O)[13cH][13c]1O. The highest BCUT2D eigenvalue weighted by Crippen LogP contribution is 2.25. The van der Waals surface area contributed by atoms with Crippen molar-refractivity contribution in [1.29, 1.82) is 0 Å². The lowest BCUT2D eigenvalue weighted by molar-refractivity contribution is 0.112. The van der Waals surface area contributed by atoms with Crippen LogP contribution in [0.3, 0.4) is 0 Å². The van der Waals surface area contributed by atoms with Crippen LogP contribution in [0.25, 0.3) is 0 Å². The zero-order valence-electron chi connectivity index (χ0n) is 6.07. The third-order valence-corrected chi connectivity index (χ3v) is 1.34. The van der Waals surface area contributed by atoms with Gasteiger partial charge in [0.2, 0.25) is 0 Å². The van der Waals surface area contributed by atoms with Gasteiger partial charge in [-0.1, -0.05) is 0 Å². The predicted molar refractivity (Wildman–Crippen MR) is 40.0 cm³/mol. The number of carbonyl (C=O) groups excluding carboxylic acids is 1. The van der Waals surface area contributed by atoms with Crippen molar-refractivity contribution in [2.45, 2.75) is 0 Å². The average molecular weight is 158 g/mol. The number of benzene rings is 1. The van der Waals surface area contributed by atoms with Gasteiger partial charge in [0.05, 0.1) is 7.11 Å². The molecule has 3 heteroatoms. The summed E-state index contributed by atoms with van der Waals surface area (Å²) < 4.78 is 4.78. The minimum atomic E-state index is -0.0166. The summed E-state index contributed by atoms with van der Waals surface area (Å²) in [6, 6.07) is 4.47. The molecule has 0 radical (unpaired) electrons. The van der Waals surface area contributed by atoms with Gasteiger partial charge in [-0.05, 0) is 18.2 Å². The van der Waals surface area contributed by atoms with Crippen molar-refractivity contribution in [2.75, 3.05) is 7.11 Å². The fraction of sp³-hybridized carbons (Fsp3) is 0.125. The lowest BCUT2D eigenvalue weighted by Crippen LogP contribution is -1.85. The van der Waals surface area contributed by atoms with Gasteiger partial charge < -0.3 is 9.84 Å². The number of carbonyl (C=O) groups is 1. The van der Waals surface area contributed by atoms with Crippen LogP contribution < -0.4 is 4.74 Å². The van der Waals surface area contributed by atoms with Gasteiger partial charge in [0.15, 0.2) is 11.5 Å². The van der Waals surface area contributed by atoms with Crippen LogP contribution in [0.15, 0.2) is 18.2 Å². The minimum absolute atomic E-state index is 0.0166. The van der Waals surface area contributed by atoms with Gasteiger partial charge in [0, 0.05) is 5.56 Å². The molecule has 1 N–H and O–H groups in total. The first-order valence-corrected chi connectivity index (χ1v) is 3.10. The standard InChI is InChI=1S/C8H8O3/c1-11-8-3-2-6(5-9)4-7(8)10/h2-5,10H,1H3/i2+1,3+1,4+1,6+1,7+1,8+1. The maximum absolute atomic E-state index is 10.2. The van der Waals surface area contributed by atoms with Crippen molar-refractivity contribution in [3.8, 4) is 11.5 Å². The maximum Gasteiger partial charge on any atom is 0.160 e.